The van der Waals surface area contributed by atoms with Gasteiger partial charge < -0.3 is 10.2 Å². The number of fused-ring (bicyclic) bond motifs is 1. The number of carbonyl (C=O) groups excluding carboxylic acids is 2. The molecular weight excluding hydrogens is 360 g/mol. The molecule has 0 unspecified atom stereocenters. The van der Waals surface area contributed by atoms with Crippen LogP contribution in [0.1, 0.15) is 24.0 Å². The minimum Gasteiger partial charge on any atom is -0.352 e. The van der Waals surface area contributed by atoms with Crippen LogP contribution in [0, 0.1) is 5.92 Å². The topological polar surface area (TPSA) is 49.4 Å². The lowest BCUT2D eigenvalue weighted by Crippen LogP contribution is -2.43. The van der Waals surface area contributed by atoms with Gasteiger partial charge in [-0.1, -0.05) is 72.8 Å². The summed E-state index contributed by atoms with van der Waals surface area (Å²) in [5.74, 6) is 0.224. The van der Waals surface area contributed by atoms with Crippen molar-refractivity contribution in [3.05, 3.63) is 83.9 Å². The zero-order valence-electron chi connectivity index (χ0n) is 16.5. The van der Waals surface area contributed by atoms with Crippen LogP contribution in [0.3, 0.4) is 0 Å². The normalized spacial score (nSPS) is 14.7. The molecule has 4 heteroatoms. The van der Waals surface area contributed by atoms with Crippen LogP contribution in [-0.2, 0) is 22.6 Å². The summed E-state index contributed by atoms with van der Waals surface area (Å²) in [6, 6.07) is 24.3. The van der Waals surface area contributed by atoms with E-state index in [4.69, 9.17) is 0 Å². The second-order valence-corrected chi connectivity index (χ2v) is 7.72. The van der Waals surface area contributed by atoms with Gasteiger partial charge in [-0.05, 0) is 34.7 Å². The van der Waals surface area contributed by atoms with Crippen molar-refractivity contribution < 1.29 is 9.59 Å². The third-order valence-electron chi connectivity index (χ3n) is 5.70. The molecule has 4 rings (SSSR count). The number of nitrogens with one attached hydrogen (secondary N) is 1. The van der Waals surface area contributed by atoms with E-state index >= 15 is 0 Å². The van der Waals surface area contributed by atoms with Crippen molar-refractivity contribution >= 4 is 22.6 Å². The second-order valence-electron chi connectivity index (χ2n) is 7.72. The monoisotopic (exact) mass is 386 g/mol. The number of amides is 2. The Labute approximate surface area is 171 Å². The van der Waals surface area contributed by atoms with Gasteiger partial charge in [-0.2, -0.15) is 0 Å². The molecule has 0 saturated carbocycles. The van der Waals surface area contributed by atoms with E-state index in [9.17, 15) is 9.59 Å². The first-order valence-corrected chi connectivity index (χ1v) is 10.3. The molecule has 0 bridgehead atoms. The van der Waals surface area contributed by atoms with Crippen molar-refractivity contribution in [3.63, 3.8) is 0 Å². The zero-order valence-corrected chi connectivity index (χ0v) is 16.5. The SMILES string of the molecule is O=C(NCc1ccccc1)C1CCN(C(=O)Cc2ccc3ccccc3c2)CC1. The van der Waals surface area contributed by atoms with E-state index in [1.807, 2.05) is 53.4 Å². The summed E-state index contributed by atoms with van der Waals surface area (Å²) in [5.41, 5.74) is 2.14. The van der Waals surface area contributed by atoms with Gasteiger partial charge in [0.25, 0.3) is 0 Å². The average Bonchev–Trinajstić information content (AvgIpc) is 2.78. The molecule has 4 nitrogen and oxygen atoms in total. The summed E-state index contributed by atoms with van der Waals surface area (Å²) in [5, 5.41) is 5.37. The molecular formula is C25H26N2O2. The Bertz CT molecular complexity index is 992. The minimum absolute atomic E-state index is 0.0107. The molecule has 0 atom stereocenters. The fraction of sp³-hybridized carbons (Fsp3) is 0.280. The van der Waals surface area contributed by atoms with Gasteiger partial charge in [0, 0.05) is 25.6 Å². The van der Waals surface area contributed by atoms with Crippen LogP contribution in [0.2, 0.25) is 0 Å². The molecule has 0 aromatic heterocycles. The number of benzene rings is 3. The Kier molecular flexibility index (Phi) is 5.89. The van der Waals surface area contributed by atoms with Crippen molar-refractivity contribution in [3.8, 4) is 0 Å². The van der Waals surface area contributed by atoms with Crippen LogP contribution in [0.4, 0.5) is 0 Å². The minimum atomic E-state index is -0.0107. The predicted octanol–water partition coefficient (Wildman–Crippen LogP) is 3.94. The molecule has 0 spiro atoms. The quantitative estimate of drug-likeness (QED) is 0.722. The molecule has 29 heavy (non-hydrogen) atoms. The maximum absolute atomic E-state index is 12.7. The van der Waals surface area contributed by atoms with Gasteiger partial charge in [0.05, 0.1) is 6.42 Å². The maximum atomic E-state index is 12.7. The highest BCUT2D eigenvalue weighted by Crippen LogP contribution is 2.20. The number of likely N-dealkylation sites (tertiary alicyclic amines) is 1. The second kappa shape index (κ2) is 8.91. The summed E-state index contributed by atoms with van der Waals surface area (Å²) in [7, 11) is 0. The first-order valence-electron chi connectivity index (χ1n) is 10.3. The molecule has 3 aromatic rings. The van der Waals surface area contributed by atoms with Crippen LogP contribution in [0.5, 0.6) is 0 Å². The number of rotatable bonds is 5. The number of carbonyl (C=O) groups is 2. The maximum Gasteiger partial charge on any atom is 0.226 e. The fourth-order valence-electron chi connectivity index (χ4n) is 3.96. The lowest BCUT2D eigenvalue weighted by atomic mass is 9.95. The smallest absolute Gasteiger partial charge is 0.226 e. The summed E-state index contributed by atoms with van der Waals surface area (Å²) < 4.78 is 0. The summed E-state index contributed by atoms with van der Waals surface area (Å²) in [4.78, 5) is 27.1. The number of nitrogens with zero attached hydrogens (tertiary/aromatic N) is 1. The molecule has 1 saturated heterocycles. The highest BCUT2D eigenvalue weighted by Gasteiger charge is 2.27. The van der Waals surface area contributed by atoms with Gasteiger partial charge in [-0.15, -0.1) is 0 Å². The molecule has 1 aliphatic rings. The standard InChI is InChI=1S/C25H26N2O2/c28-24(17-20-10-11-21-8-4-5-9-23(21)16-20)27-14-12-22(13-15-27)25(29)26-18-19-6-2-1-3-7-19/h1-11,16,22H,12-15,17-18H2,(H,26,29). The molecule has 1 N–H and O–H groups in total. The molecule has 3 aromatic carbocycles. The zero-order chi connectivity index (χ0) is 20.1. The van der Waals surface area contributed by atoms with Crippen molar-refractivity contribution in [1.82, 2.24) is 10.2 Å². The van der Waals surface area contributed by atoms with Gasteiger partial charge >= 0.3 is 0 Å². The van der Waals surface area contributed by atoms with E-state index in [1.54, 1.807) is 0 Å². The van der Waals surface area contributed by atoms with Crippen LogP contribution in [0.25, 0.3) is 10.8 Å². The molecule has 0 radical (unpaired) electrons. The number of piperidine rings is 1. The Morgan fingerprint density at radius 3 is 2.28 bits per heavy atom. The first-order chi connectivity index (χ1) is 14.2. The molecule has 148 valence electrons. The Morgan fingerprint density at radius 1 is 0.828 bits per heavy atom. The van der Waals surface area contributed by atoms with E-state index in [1.165, 1.54) is 5.39 Å². The van der Waals surface area contributed by atoms with Crippen molar-refractivity contribution in [1.29, 1.82) is 0 Å². The van der Waals surface area contributed by atoms with Gasteiger partial charge in [-0.3, -0.25) is 9.59 Å². The van der Waals surface area contributed by atoms with Crippen molar-refractivity contribution in [2.24, 2.45) is 5.92 Å². The lowest BCUT2D eigenvalue weighted by molar-refractivity contribution is -0.135. The predicted molar refractivity (Wildman–Crippen MR) is 115 cm³/mol. The van der Waals surface area contributed by atoms with Gasteiger partial charge in [0.2, 0.25) is 11.8 Å². The molecule has 0 aliphatic carbocycles. The number of hydrogen-bond acceptors (Lipinski definition) is 2. The van der Waals surface area contributed by atoms with E-state index in [0.29, 0.717) is 26.1 Å². The third-order valence-corrected chi connectivity index (χ3v) is 5.70. The fourth-order valence-corrected chi connectivity index (χ4v) is 3.96. The van der Waals surface area contributed by atoms with E-state index in [-0.39, 0.29) is 17.7 Å². The average molecular weight is 386 g/mol. The van der Waals surface area contributed by atoms with E-state index in [2.05, 4.69) is 29.6 Å². The van der Waals surface area contributed by atoms with Crippen LogP contribution in [-0.4, -0.2) is 29.8 Å². The van der Waals surface area contributed by atoms with E-state index in [0.717, 1.165) is 29.4 Å². The molecule has 1 fully saturated rings. The highest BCUT2D eigenvalue weighted by atomic mass is 16.2. The summed E-state index contributed by atoms with van der Waals surface area (Å²) in [6.07, 6.45) is 1.86. The summed E-state index contributed by atoms with van der Waals surface area (Å²) in [6.45, 7) is 1.85. The van der Waals surface area contributed by atoms with Crippen molar-refractivity contribution in [2.45, 2.75) is 25.8 Å². The molecule has 1 heterocycles. The first kappa shape index (κ1) is 19.2. The lowest BCUT2D eigenvalue weighted by Gasteiger charge is -2.31. The van der Waals surface area contributed by atoms with Gasteiger partial charge in [0.1, 0.15) is 0 Å². The van der Waals surface area contributed by atoms with Gasteiger partial charge in [-0.25, -0.2) is 0 Å². The Hall–Kier alpha value is -3.14. The molecule has 1 aliphatic heterocycles. The van der Waals surface area contributed by atoms with E-state index < -0.39 is 0 Å². The number of hydrogen-bond donors (Lipinski definition) is 1. The Morgan fingerprint density at radius 2 is 1.52 bits per heavy atom. The summed E-state index contributed by atoms with van der Waals surface area (Å²) >= 11 is 0. The van der Waals surface area contributed by atoms with Crippen LogP contribution in [0.15, 0.2) is 72.8 Å². The van der Waals surface area contributed by atoms with Crippen LogP contribution < -0.4 is 5.32 Å². The van der Waals surface area contributed by atoms with Crippen LogP contribution >= 0.6 is 0 Å². The highest BCUT2D eigenvalue weighted by molar-refractivity contribution is 5.85. The van der Waals surface area contributed by atoms with Crippen molar-refractivity contribution in [2.75, 3.05) is 13.1 Å². The molecule has 2 amide bonds. The largest absolute Gasteiger partial charge is 0.352 e. The third kappa shape index (κ3) is 4.83. The van der Waals surface area contributed by atoms with Gasteiger partial charge in [0.15, 0.2) is 0 Å². The Balaban J connectivity index is 1.27.